The molecule has 0 amide bonds. The number of nitrogens with zero attached hydrogens (tertiary/aromatic N) is 3. The molecule has 0 radical (unpaired) electrons. The van der Waals surface area contributed by atoms with Gasteiger partial charge in [0.25, 0.3) is 0 Å². The molecule has 3 aromatic rings. The summed E-state index contributed by atoms with van der Waals surface area (Å²) in [5.74, 6) is 0. The predicted octanol–water partition coefficient (Wildman–Crippen LogP) is 3.30. The summed E-state index contributed by atoms with van der Waals surface area (Å²) < 4.78 is 5.48. The van der Waals surface area contributed by atoms with Gasteiger partial charge in [-0.05, 0) is 24.3 Å². The first-order valence-electron chi connectivity index (χ1n) is 5.53. The molecule has 0 saturated heterocycles. The summed E-state index contributed by atoms with van der Waals surface area (Å²) in [4.78, 5) is 4.04. The fourth-order valence-electron chi connectivity index (χ4n) is 2.01. The smallest absolute Gasteiger partial charge is 0.0946 e. The van der Waals surface area contributed by atoms with Crippen LogP contribution in [0.15, 0.2) is 53.7 Å². The Morgan fingerprint density at radius 2 is 2.06 bits per heavy atom. The van der Waals surface area contributed by atoms with Gasteiger partial charge in [0.05, 0.1) is 6.33 Å². The van der Waals surface area contributed by atoms with Gasteiger partial charge >= 0.3 is 0 Å². The lowest BCUT2D eigenvalue weighted by Crippen LogP contribution is -2.04. The standard InChI is InChI=1S/C13H12BrN3/c14-12-1-2-13-11(9-12)3-5-17(13)8-7-16-6-4-15-10-16/h1-6,9-10H,7-8H2. The largest absolute Gasteiger partial charge is 0.346 e. The predicted molar refractivity (Wildman–Crippen MR) is 71.9 cm³/mol. The molecule has 4 heteroatoms. The van der Waals surface area contributed by atoms with E-state index in [1.54, 1.807) is 0 Å². The van der Waals surface area contributed by atoms with Gasteiger partial charge in [0, 0.05) is 47.1 Å². The van der Waals surface area contributed by atoms with Crippen LogP contribution >= 0.6 is 15.9 Å². The Hall–Kier alpha value is -1.55. The minimum Gasteiger partial charge on any atom is -0.346 e. The van der Waals surface area contributed by atoms with Crippen molar-refractivity contribution in [3.8, 4) is 0 Å². The van der Waals surface area contributed by atoms with Gasteiger partial charge in [0.15, 0.2) is 0 Å². The molecule has 0 aliphatic rings. The van der Waals surface area contributed by atoms with Crippen LogP contribution in [0, 0.1) is 0 Å². The van der Waals surface area contributed by atoms with E-state index in [4.69, 9.17) is 0 Å². The number of aromatic nitrogens is 3. The maximum Gasteiger partial charge on any atom is 0.0946 e. The Balaban J connectivity index is 1.86. The van der Waals surface area contributed by atoms with Crippen LogP contribution < -0.4 is 0 Å². The first-order valence-corrected chi connectivity index (χ1v) is 6.32. The van der Waals surface area contributed by atoms with Crippen molar-refractivity contribution in [2.75, 3.05) is 0 Å². The maximum absolute atomic E-state index is 4.04. The summed E-state index contributed by atoms with van der Waals surface area (Å²) in [7, 11) is 0. The van der Waals surface area contributed by atoms with Gasteiger partial charge in [-0.15, -0.1) is 0 Å². The number of hydrogen-bond acceptors (Lipinski definition) is 1. The quantitative estimate of drug-likeness (QED) is 0.725. The van der Waals surface area contributed by atoms with Gasteiger partial charge < -0.3 is 9.13 Å². The lowest BCUT2D eigenvalue weighted by molar-refractivity contribution is 0.592. The third-order valence-electron chi connectivity index (χ3n) is 2.89. The number of imidazole rings is 1. The minimum absolute atomic E-state index is 0.944. The number of halogens is 1. The number of hydrogen-bond donors (Lipinski definition) is 0. The lowest BCUT2D eigenvalue weighted by atomic mass is 10.2. The molecule has 0 atom stereocenters. The topological polar surface area (TPSA) is 22.8 Å². The van der Waals surface area contributed by atoms with Gasteiger partial charge in [-0.3, -0.25) is 0 Å². The summed E-state index contributed by atoms with van der Waals surface area (Å²) in [5.41, 5.74) is 1.27. The van der Waals surface area contributed by atoms with Crippen molar-refractivity contribution in [3.05, 3.63) is 53.7 Å². The summed E-state index contributed by atoms with van der Waals surface area (Å²) in [5, 5.41) is 1.27. The fraction of sp³-hybridized carbons (Fsp3) is 0.154. The van der Waals surface area contributed by atoms with Crippen LogP contribution in [0.2, 0.25) is 0 Å². The van der Waals surface area contributed by atoms with Gasteiger partial charge in [0.1, 0.15) is 0 Å². The lowest BCUT2D eigenvalue weighted by Gasteiger charge is -2.06. The van der Waals surface area contributed by atoms with Gasteiger partial charge in [-0.2, -0.15) is 0 Å². The third-order valence-corrected chi connectivity index (χ3v) is 3.38. The molecule has 1 aromatic carbocycles. The van der Waals surface area contributed by atoms with E-state index < -0.39 is 0 Å². The number of benzene rings is 1. The van der Waals surface area contributed by atoms with Crippen LogP contribution in [-0.2, 0) is 13.1 Å². The fourth-order valence-corrected chi connectivity index (χ4v) is 2.39. The molecule has 0 saturated carbocycles. The monoisotopic (exact) mass is 289 g/mol. The molecule has 0 aliphatic heterocycles. The Morgan fingerprint density at radius 3 is 2.88 bits per heavy atom. The van der Waals surface area contributed by atoms with Crippen LogP contribution in [0.5, 0.6) is 0 Å². The minimum atomic E-state index is 0.944. The van der Waals surface area contributed by atoms with Crippen molar-refractivity contribution in [3.63, 3.8) is 0 Å². The zero-order chi connectivity index (χ0) is 11.7. The van der Waals surface area contributed by atoms with E-state index in [1.165, 1.54) is 10.9 Å². The van der Waals surface area contributed by atoms with E-state index in [2.05, 4.69) is 60.5 Å². The normalized spacial score (nSPS) is 11.1. The Labute approximate surface area is 108 Å². The third kappa shape index (κ3) is 2.13. The molecule has 0 bridgehead atoms. The first kappa shape index (κ1) is 10.6. The highest BCUT2D eigenvalue weighted by atomic mass is 79.9. The van der Waals surface area contributed by atoms with Gasteiger partial charge in [-0.25, -0.2) is 4.98 Å². The van der Waals surface area contributed by atoms with Crippen molar-refractivity contribution >= 4 is 26.8 Å². The van der Waals surface area contributed by atoms with E-state index in [0.29, 0.717) is 0 Å². The average molecular weight is 290 g/mol. The van der Waals surface area contributed by atoms with Crippen LogP contribution in [0.4, 0.5) is 0 Å². The average Bonchev–Trinajstić information content (AvgIpc) is 2.94. The van der Waals surface area contributed by atoms with E-state index in [9.17, 15) is 0 Å². The number of fused-ring (bicyclic) bond motifs is 1. The zero-order valence-corrected chi connectivity index (χ0v) is 10.8. The van der Waals surface area contributed by atoms with Gasteiger partial charge in [0.2, 0.25) is 0 Å². The molecule has 0 N–H and O–H groups in total. The SMILES string of the molecule is Brc1ccc2c(ccn2CCn2ccnc2)c1. The Kier molecular flexibility index (Phi) is 2.73. The number of rotatable bonds is 3. The van der Waals surface area contributed by atoms with Crippen LogP contribution in [0.1, 0.15) is 0 Å². The van der Waals surface area contributed by atoms with Crippen LogP contribution in [-0.4, -0.2) is 14.1 Å². The molecule has 3 nitrogen and oxygen atoms in total. The molecule has 2 aromatic heterocycles. The van der Waals surface area contributed by atoms with Crippen LogP contribution in [0.3, 0.4) is 0 Å². The summed E-state index contributed by atoms with van der Waals surface area (Å²) in [6.07, 6.45) is 7.78. The van der Waals surface area contributed by atoms with Crippen molar-refractivity contribution in [2.45, 2.75) is 13.1 Å². The van der Waals surface area contributed by atoms with Crippen molar-refractivity contribution in [1.29, 1.82) is 0 Å². The van der Waals surface area contributed by atoms with Crippen molar-refractivity contribution in [2.24, 2.45) is 0 Å². The molecule has 0 spiro atoms. The highest BCUT2D eigenvalue weighted by molar-refractivity contribution is 9.10. The second-order valence-corrected chi connectivity index (χ2v) is 4.93. The molecule has 0 aliphatic carbocycles. The Bertz CT molecular complexity index is 625. The second kappa shape index (κ2) is 4.37. The van der Waals surface area contributed by atoms with Crippen molar-refractivity contribution in [1.82, 2.24) is 14.1 Å². The van der Waals surface area contributed by atoms with E-state index in [0.717, 1.165) is 17.6 Å². The molecule has 3 rings (SSSR count). The molecular formula is C13H12BrN3. The van der Waals surface area contributed by atoms with Crippen molar-refractivity contribution < 1.29 is 0 Å². The van der Waals surface area contributed by atoms with E-state index >= 15 is 0 Å². The molecule has 0 unspecified atom stereocenters. The second-order valence-electron chi connectivity index (χ2n) is 4.01. The highest BCUT2D eigenvalue weighted by Crippen LogP contribution is 2.20. The molecule has 2 heterocycles. The molecule has 0 fully saturated rings. The molecule has 17 heavy (non-hydrogen) atoms. The summed E-state index contributed by atoms with van der Waals surface area (Å²) in [6.45, 7) is 1.90. The molecular weight excluding hydrogens is 278 g/mol. The maximum atomic E-state index is 4.04. The van der Waals surface area contributed by atoms with E-state index in [-0.39, 0.29) is 0 Å². The highest BCUT2D eigenvalue weighted by Gasteiger charge is 2.01. The van der Waals surface area contributed by atoms with Crippen LogP contribution in [0.25, 0.3) is 10.9 Å². The molecule has 86 valence electrons. The number of aryl methyl sites for hydroxylation is 2. The van der Waals surface area contributed by atoms with E-state index in [1.807, 2.05) is 18.7 Å². The Morgan fingerprint density at radius 1 is 1.12 bits per heavy atom. The summed E-state index contributed by atoms with van der Waals surface area (Å²) in [6, 6.07) is 8.51. The van der Waals surface area contributed by atoms with Gasteiger partial charge in [-0.1, -0.05) is 15.9 Å². The zero-order valence-electron chi connectivity index (χ0n) is 9.25. The first-order chi connectivity index (χ1) is 8.33. The summed E-state index contributed by atoms with van der Waals surface area (Å²) >= 11 is 3.49.